The third-order valence-electron chi connectivity index (χ3n) is 0.705. The highest BCUT2D eigenvalue weighted by molar-refractivity contribution is 6.83. The van der Waals surface area contributed by atoms with Crippen molar-refractivity contribution in [1.82, 2.24) is 0 Å². The fraction of sp³-hybridized carbons (Fsp3) is 0.375. The third-order valence-corrected chi connectivity index (χ3v) is 1.60. The molecule has 2 heteroatoms. The molecule has 0 fully saturated rings. The van der Waals surface area contributed by atoms with Gasteiger partial charge in [0.2, 0.25) is 0 Å². The highest BCUT2D eigenvalue weighted by atomic mass is 28.3. The molecular weight excluding hydrogens is 140 g/mol. The van der Waals surface area contributed by atoms with E-state index in [0.29, 0.717) is 0 Å². The molecule has 1 nitrogen and oxygen atoms in total. The van der Waals surface area contributed by atoms with Gasteiger partial charge in [-0.2, -0.15) is 0 Å². The molecule has 0 bridgehead atoms. The Bertz CT molecular complexity index is 188. The molecule has 0 aromatic carbocycles. The van der Waals surface area contributed by atoms with Crippen molar-refractivity contribution in [2.45, 2.75) is 19.6 Å². The van der Waals surface area contributed by atoms with Crippen LogP contribution in [-0.2, 0) is 4.79 Å². The highest BCUT2D eigenvalue weighted by Crippen LogP contribution is 1.95. The van der Waals surface area contributed by atoms with E-state index in [1.165, 1.54) is 6.08 Å². The number of aldehydes is 1. The zero-order chi connectivity index (χ0) is 8.04. The van der Waals surface area contributed by atoms with E-state index in [-0.39, 0.29) is 0 Å². The van der Waals surface area contributed by atoms with E-state index in [4.69, 9.17) is 0 Å². The lowest BCUT2D eigenvalue weighted by Gasteiger charge is -2.01. The summed E-state index contributed by atoms with van der Waals surface area (Å²) in [5.74, 6) is 2.83. The second-order valence-corrected chi connectivity index (χ2v) is 7.76. The smallest absolute Gasteiger partial charge is 0.143 e. The molecule has 0 radical (unpaired) electrons. The van der Waals surface area contributed by atoms with Crippen molar-refractivity contribution in [3.8, 4) is 11.5 Å². The first-order valence-corrected chi connectivity index (χ1v) is 6.69. The van der Waals surface area contributed by atoms with Gasteiger partial charge in [0.15, 0.2) is 0 Å². The quantitative estimate of drug-likeness (QED) is 0.241. The van der Waals surface area contributed by atoms with Gasteiger partial charge in [0, 0.05) is 0 Å². The van der Waals surface area contributed by atoms with Gasteiger partial charge in [-0.1, -0.05) is 25.6 Å². The largest absolute Gasteiger partial charge is 0.299 e. The van der Waals surface area contributed by atoms with Crippen molar-refractivity contribution in [2.24, 2.45) is 0 Å². The molecule has 0 atom stereocenters. The molecule has 0 spiro atoms. The molecule has 0 amide bonds. The average molecular weight is 152 g/mol. The molecular formula is C8H12OSi. The van der Waals surface area contributed by atoms with Crippen molar-refractivity contribution in [2.75, 3.05) is 0 Å². The first-order valence-electron chi connectivity index (χ1n) is 3.19. The number of carbonyl (C=O) groups is 1. The summed E-state index contributed by atoms with van der Waals surface area (Å²) in [4.78, 5) is 9.79. The molecule has 0 saturated carbocycles. The van der Waals surface area contributed by atoms with Gasteiger partial charge in [-0.25, -0.2) is 0 Å². The lowest BCUT2D eigenvalue weighted by molar-refractivity contribution is -0.104. The number of hydrogen-bond donors (Lipinski definition) is 0. The predicted molar refractivity (Wildman–Crippen MR) is 46.3 cm³/mol. The molecule has 0 aliphatic carbocycles. The summed E-state index contributed by atoms with van der Waals surface area (Å²) in [5.41, 5.74) is 3.10. The van der Waals surface area contributed by atoms with E-state index in [2.05, 4.69) is 31.1 Å². The van der Waals surface area contributed by atoms with E-state index < -0.39 is 8.07 Å². The van der Waals surface area contributed by atoms with Crippen molar-refractivity contribution in [3.63, 3.8) is 0 Å². The van der Waals surface area contributed by atoms with E-state index in [9.17, 15) is 4.79 Å². The van der Waals surface area contributed by atoms with Gasteiger partial charge in [-0.3, -0.25) is 4.79 Å². The van der Waals surface area contributed by atoms with Crippen molar-refractivity contribution in [3.05, 3.63) is 12.2 Å². The first-order chi connectivity index (χ1) is 4.56. The van der Waals surface area contributed by atoms with Crippen molar-refractivity contribution < 1.29 is 4.79 Å². The Hall–Kier alpha value is -0.813. The molecule has 0 aromatic rings. The van der Waals surface area contributed by atoms with Crippen LogP contribution in [0.5, 0.6) is 0 Å². The summed E-state index contributed by atoms with van der Waals surface area (Å²) in [6, 6.07) is 0. The summed E-state index contributed by atoms with van der Waals surface area (Å²) in [6.07, 6.45) is 3.73. The second kappa shape index (κ2) is 4.07. The van der Waals surface area contributed by atoms with Gasteiger partial charge in [0.1, 0.15) is 14.4 Å². The Kier molecular flexibility index (Phi) is 3.74. The van der Waals surface area contributed by atoms with E-state index in [1.54, 1.807) is 6.08 Å². The molecule has 10 heavy (non-hydrogen) atoms. The van der Waals surface area contributed by atoms with Crippen LogP contribution in [0.15, 0.2) is 12.2 Å². The van der Waals surface area contributed by atoms with Crippen LogP contribution in [-0.4, -0.2) is 14.4 Å². The van der Waals surface area contributed by atoms with Crippen LogP contribution in [0.4, 0.5) is 0 Å². The van der Waals surface area contributed by atoms with Gasteiger partial charge in [0.05, 0.1) is 0 Å². The Morgan fingerprint density at radius 2 is 1.90 bits per heavy atom. The number of hydrogen-bond acceptors (Lipinski definition) is 1. The lowest BCUT2D eigenvalue weighted by Crippen LogP contribution is -2.16. The minimum absolute atomic E-state index is 0.735. The molecule has 0 aliphatic rings. The number of rotatable bonds is 1. The van der Waals surface area contributed by atoms with E-state index in [0.717, 1.165) is 6.29 Å². The molecule has 0 heterocycles. The Labute approximate surface area is 63.1 Å². The van der Waals surface area contributed by atoms with Gasteiger partial charge in [-0.15, -0.1) is 5.54 Å². The summed E-state index contributed by atoms with van der Waals surface area (Å²) in [6.45, 7) is 6.48. The standard InChI is InChI=1S/C8H12OSi/c1-10(2,3)8-6-4-5-7-9/h4-5,7H,1-3H3/b5-4+. The van der Waals surface area contributed by atoms with Crippen LogP contribution in [0.25, 0.3) is 0 Å². The first kappa shape index (κ1) is 9.19. The van der Waals surface area contributed by atoms with Crippen molar-refractivity contribution in [1.29, 1.82) is 0 Å². The Morgan fingerprint density at radius 1 is 1.30 bits per heavy atom. The number of carbonyl (C=O) groups excluding carboxylic acids is 1. The van der Waals surface area contributed by atoms with Crippen LogP contribution < -0.4 is 0 Å². The molecule has 0 rings (SSSR count). The summed E-state index contributed by atoms with van der Waals surface area (Å²) in [5, 5.41) is 0. The van der Waals surface area contributed by atoms with E-state index in [1.807, 2.05) is 0 Å². The summed E-state index contributed by atoms with van der Waals surface area (Å²) in [7, 11) is -1.24. The molecule has 0 saturated heterocycles. The normalized spacial score (nSPS) is 10.7. The zero-order valence-electron chi connectivity index (χ0n) is 6.64. The fourth-order valence-electron chi connectivity index (χ4n) is 0.346. The minimum atomic E-state index is -1.24. The highest BCUT2D eigenvalue weighted by Gasteiger charge is 2.06. The molecule has 0 aromatic heterocycles. The average Bonchev–Trinajstić information content (AvgIpc) is 1.78. The summed E-state index contributed by atoms with van der Waals surface area (Å²) < 4.78 is 0. The molecule has 0 unspecified atom stereocenters. The third kappa shape index (κ3) is 7.19. The summed E-state index contributed by atoms with van der Waals surface area (Å²) >= 11 is 0. The van der Waals surface area contributed by atoms with Crippen LogP contribution >= 0.6 is 0 Å². The predicted octanol–water partition coefficient (Wildman–Crippen LogP) is 1.62. The monoisotopic (exact) mass is 152 g/mol. The lowest BCUT2D eigenvalue weighted by atomic mass is 10.5. The molecule has 0 N–H and O–H groups in total. The molecule has 54 valence electrons. The Balaban J connectivity index is 3.93. The molecule has 0 aliphatic heterocycles. The van der Waals surface area contributed by atoms with Crippen LogP contribution in [0, 0.1) is 11.5 Å². The number of allylic oxidation sites excluding steroid dienone is 2. The van der Waals surface area contributed by atoms with E-state index >= 15 is 0 Å². The fourth-order valence-corrected chi connectivity index (χ4v) is 0.862. The van der Waals surface area contributed by atoms with Gasteiger partial charge < -0.3 is 0 Å². The van der Waals surface area contributed by atoms with Crippen LogP contribution in [0.1, 0.15) is 0 Å². The SMILES string of the molecule is C[Si](C)(C)C#C/C=C/C=O. The van der Waals surface area contributed by atoms with Gasteiger partial charge in [0.25, 0.3) is 0 Å². The Morgan fingerprint density at radius 3 is 2.30 bits per heavy atom. The minimum Gasteiger partial charge on any atom is -0.299 e. The maximum atomic E-state index is 9.79. The van der Waals surface area contributed by atoms with Gasteiger partial charge in [-0.05, 0) is 12.2 Å². The maximum absolute atomic E-state index is 9.79. The van der Waals surface area contributed by atoms with Gasteiger partial charge >= 0.3 is 0 Å². The van der Waals surface area contributed by atoms with Crippen molar-refractivity contribution >= 4 is 14.4 Å². The second-order valence-electron chi connectivity index (χ2n) is 3.01. The zero-order valence-corrected chi connectivity index (χ0v) is 7.64. The van der Waals surface area contributed by atoms with Crippen LogP contribution in [0.2, 0.25) is 19.6 Å². The topological polar surface area (TPSA) is 17.1 Å². The van der Waals surface area contributed by atoms with Crippen LogP contribution in [0.3, 0.4) is 0 Å². The maximum Gasteiger partial charge on any atom is 0.143 e.